The van der Waals surface area contributed by atoms with Gasteiger partial charge in [-0.25, -0.2) is 4.98 Å². The Bertz CT molecular complexity index is 447. The van der Waals surface area contributed by atoms with Crippen LogP contribution in [0.5, 0.6) is 0 Å². The second-order valence-corrected chi connectivity index (χ2v) is 3.29. The van der Waals surface area contributed by atoms with Crippen LogP contribution < -0.4 is 5.32 Å². The summed E-state index contributed by atoms with van der Waals surface area (Å²) < 4.78 is 0. The number of hydrogen-bond acceptors (Lipinski definition) is 3. The van der Waals surface area contributed by atoms with Gasteiger partial charge in [-0.15, -0.1) is 17.0 Å². The average molecular weight is 296 g/mol. The van der Waals surface area contributed by atoms with Crippen molar-refractivity contribution < 1.29 is 0 Å². The summed E-state index contributed by atoms with van der Waals surface area (Å²) in [5.41, 5.74) is 0.748. The number of aromatic nitrogens is 2. The van der Waals surface area contributed by atoms with E-state index in [1.165, 1.54) is 0 Å². The minimum atomic E-state index is 0. The lowest BCUT2D eigenvalue weighted by Gasteiger charge is -2.05. The van der Waals surface area contributed by atoms with Crippen LogP contribution in [0.25, 0.3) is 0 Å². The van der Waals surface area contributed by atoms with Crippen LogP contribution in [0.15, 0.2) is 48.8 Å². The van der Waals surface area contributed by atoms with E-state index >= 15 is 0 Å². The zero-order valence-electron chi connectivity index (χ0n) is 8.33. The van der Waals surface area contributed by atoms with Crippen molar-refractivity contribution in [2.45, 2.75) is 0 Å². The van der Waals surface area contributed by atoms with Crippen LogP contribution in [-0.2, 0) is 0 Å². The molecule has 16 heavy (non-hydrogen) atoms. The number of nitrogens with zero attached hydrogens (tertiary/aromatic N) is 2. The summed E-state index contributed by atoms with van der Waals surface area (Å²) in [5.74, 6) is 0.730. The van der Waals surface area contributed by atoms with Crippen LogP contribution in [0, 0.1) is 0 Å². The van der Waals surface area contributed by atoms with Gasteiger partial charge in [0.1, 0.15) is 10.8 Å². The summed E-state index contributed by atoms with van der Waals surface area (Å²) in [6.45, 7) is 0. The van der Waals surface area contributed by atoms with Gasteiger partial charge in [0.05, 0.1) is 5.69 Å². The fourth-order valence-corrected chi connectivity index (χ4v) is 1.34. The molecule has 0 spiro atoms. The van der Waals surface area contributed by atoms with Crippen molar-refractivity contribution in [3.05, 3.63) is 54.5 Å². The Hall–Kier alpha value is -1.33. The highest BCUT2D eigenvalue weighted by molar-refractivity contribution is 8.93. The van der Waals surface area contributed by atoms with Crippen LogP contribution in [0.1, 0.15) is 5.69 Å². The number of nitrogens with one attached hydrogen (secondary N) is 1. The highest BCUT2D eigenvalue weighted by Gasteiger charge is 2.01. The number of hydrogen-bond donors (Lipinski definition) is 1. The summed E-state index contributed by atoms with van der Waals surface area (Å²) in [6, 6.07) is 11.2. The molecule has 2 rings (SSSR count). The maximum atomic E-state index is 5.19. The van der Waals surface area contributed by atoms with E-state index in [4.69, 9.17) is 12.2 Å². The first-order valence-electron chi connectivity index (χ1n) is 4.50. The lowest BCUT2D eigenvalue weighted by molar-refractivity contribution is 1.28. The minimum absolute atomic E-state index is 0. The first kappa shape index (κ1) is 12.7. The largest absolute Gasteiger partial charge is 0.330 e. The molecule has 0 saturated carbocycles. The molecule has 0 bridgehead atoms. The number of thiocarbonyl (C=S) groups is 1. The van der Waals surface area contributed by atoms with E-state index in [1.54, 1.807) is 12.4 Å². The van der Waals surface area contributed by atoms with E-state index in [9.17, 15) is 0 Å². The second-order valence-electron chi connectivity index (χ2n) is 2.88. The molecule has 0 amide bonds. The fourth-order valence-electron chi connectivity index (χ4n) is 1.11. The van der Waals surface area contributed by atoms with E-state index in [1.807, 2.05) is 36.4 Å². The molecule has 2 aromatic rings. The van der Waals surface area contributed by atoms with Gasteiger partial charge in [-0.3, -0.25) is 4.98 Å². The normalized spacial score (nSPS) is 9.00. The molecule has 5 heteroatoms. The molecule has 0 saturated heterocycles. The van der Waals surface area contributed by atoms with Crippen LogP contribution in [0.3, 0.4) is 0 Å². The Balaban J connectivity index is 0.00000128. The van der Waals surface area contributed by atoms with Gasteiger partial charge in [0, 0.05) is 12.4 Å². The lowest BCUT2D eigenvalue weighted by atomic mass is 10.3. The maximum Gasteiger partial charge on any atom is 0.130 e. The van der Waals surface area contributed by atoms with Crippen molar-refractivity contribution in [2.24, 2.45) is 0 Å². The van der Waals surface area contributed by atoms with Gasteiger partial charge in [-0.1, -0.05) is 24.4 Å². The predicted octanol–water partition coefficient (Wildman–Crippen LogP) is 2.84. The highest BCUT2D eigenvalue weighted by Crippen LogP contribution is 2.04. The van der Waals surface area contributed by atoms with Gasteiger partial charge in [-0.2, -0.15) is 0 Å². The Kier molecular flexibility index (Phi) is 5.01. The summed E-state index contributed by atoms with van der Waals surface area (Å²) >= 11 is 5.19. The first-order valence-corrected chi connectivity index (χ1v) is 4.90. The minimum Gasteiger partial charge on any atom is -0.330 e. The van der Waals surface area contributed by atoms with Gasteiger partial charge in [0.15, 0.2) is 0 Å². The van der Waals surface area contributed by atoms with Gasteiger partial charge in [0.2, 0.25) is 0 Å². The van der Waals surface area contributed by atoms with Gasteiger partial charge in [0.25, 0.3) is 0 Å². The average Bonchev–Trinajstić information content (AvgIpc) is 2.31. The Morgan fingerprint density at radius 3 is 2.25 bits per heavy atom. The summed E-state index contributed by atoms with van der Waals surface area (Å²) in [5, 5.41) is 3.02. The van der Waals surface area contributed by atoms with E-state index < -0.39 is 0 Å². The highest BCUT2D eigenvalue weighted by atomic mass is 79.9. The van der Waals surface area contributed by atoms with Gasteiger partial charge >= 0.3 is 0 Å². The van der Waals surface area contributed by atoms with E-state index in [0.717, 1.165) is 11.5 Å². The van der Waals surface area contributed by atoms with Crippen molar-refractivity contribution in [2.75, 3.05) is 5.32 Å². The summed E-state index contributed by atoms with van der Waals surface area (Å²) in [6.07, 6.45) is 3.42. The van der Waals surface area contributed by atoms with Crippen LogP contribution in [-0.4, -0.2) is 15.0 Å². The number of anilines is 1. The SMILES string of the molecule is Br.S=C(Nc1ccccn1)c1ccccn1. The molecule has 0 unspecified atom stereocenters. The quantitative estimate of drug-likeness (QED) is 0.865. The van der Waals surface area contributed by atoms with Crippen LogP contribution in [0.4, 0.5) is 5.82 Å². The van der Waals surface area contributed by atoms with Crippen LogP contribution in [0.2, 0.25) is 0 Å². The molecule has 0 atom stereocenters. The van der Waals surface area contributed by atoms with Gasteiger partial charge < -0.3 is 5.32 Å². The van der Waals surface area contributed by atoms with Crippen molar-refractivity contribution >= 4 is 40.0 Å². The third-order valence-electron chi connectivity index (χ3n) is 1.80. The molecule has 2 heterocycles. The van der Waals surface area contributed by atoms with E-state index in [0.29, 0.717) is 4.99 Å². The number of rotatable bonds is 2. The molecular weight excluding hydrogens is 286 g/mol. The smallest absolute Gasteiger partial charge is 0.130 e. The third-order valence-corrected chi connectivity index (χ3v) is 2.12. The molecule has 0 aliphatic carbocycles. The topological polar surface area (TPSA) is 37.8 Å². The van der Waals surface area contributed by atoms with E-state index in [-0.39, 0.29) is 17.0 Å². The molecule has 2 aromatic heterocycles. The molecule has 0 aromatic carbocycles. The first-order chi connectivity index (χ1) is 7.36. The molecule has 0 aliphatic rings. The molecule has 1 N–H and O–H groups in total. The summed E-state index contributed by atoms with van der Waals surface area (Å²) in [4.78, 5) is 8.84. The van der Waals surface area contributed by atoms with Crippen molar-refractivity contribution in [1.82, 2.24) is 9.97 Å². The zero-order valence-corrected chi connectivity index (χ0v) is 10.9. The van der Waals surface area contributed by atoms with Crippen molar-refractivity contribution in [3.8, 4) is 0 Å². The molecular formula is C11H10BrN3S. The van der Waals surface area contributed by atoms with Crippen molar-refractivity contribution in [1.29, 1.82) is 0 Å². The molecule has 82 valence electrons. The van der Waals surface area contributed by atoms with Gasteiger partial charge in [-0.05, 0) is 24.3 Å². The molecule has 0 radical (unpaired) electrons. The molecule has 0 fully saturated rings. The number of halogens is 1. The fraction of sp³-hybridized carbons (Fsp3) is 0. The Morgan fingerprint density at radius 2 is 1.69 bits per heavy atom. The molecule has 0 aliphatic heterocycles. The zero-order chi connectivity index (χ0) is 10.5. The monoisotopic (exact) mass is 295 g/mol. The third kappa shape index (κ3) is 3.36. The maximum absolute atomic E-state index is 5.19. The standard InChI is InChI=1S/C11H9N3S.BrH/c15-11(9-5-1-3-7-12-9)14-10-6-2-4-8-13-10;/h1-8H,(H,13,14,15);1H. The summed E-state index contributed by atoms with van der Waals surface area (Å²) in [7, 11) is 0. The van der Waals surface area contributed by atoms with E-state index in [2.05, 4.69) is 15.3 Å². The Labute approximate surface area is 110 Å². The predicted molar refractivity (Wildman–Crippen MR) is 74.1 cm³/mol. The number of pyridine rings is 2. The lowest BCUT2D eigenvalue weighted by Crippen LogP contribution is -2.12. The second kappa shape index (κ2) is 6.30. The molecule has 3 nitrogen and oxygen atoms in total. The van der Waals surface area contributed by atoms with Crippen molar-refractivity contribution in [3.63, 3.8) is 0 Å². The Morgan fingerprint density at radius 1 is 1.00 bits per heavy atom. The van der Waals surface area contributed by atoms with Crippen LogP contribution >= 0.6 is 29.2 Å².